The van der Waals surface area contributed by atoms with Crippen LogP contribution in [0.4, 0.5) is 0 Å². The van der Waals surface area contributed by atoms with Crippen molar-refractivity contribution in [3.05, 3.63) is 47.4 Å². The zero-order valence-electron chi connectivity index (χ0n) is 16.9. The van der Waals surface area contributed by atoms with Crippen LogP contribution in [0.3, 0.4) is 0 Å². The van der Waals surface area contributed by atoms with Gasteiger partial charge in [-0.3, -0.25) is 9.48 Å². The number of benzene rings is 1. The molecular formula is C21H24N4O4. The fourth-order valence-corrected chi connectivity index (χ4v) is 3.35. The summed E-state index contributed by atoms with van der Waals surface area (Å²) in [5.74, 6) is 1.80. The molecule has 2 aromatic heterocycles. The van der Waals surface area contributed by atoms with Crippen LogP contribution in [0, 0.1) is 12.8 Å². The molecule has 8 nitrogen and oxygen atoms in total. The van der Waals surface area contributed by atoms with E-state index in [1.54, 1.807) is 16.9 Å². The number of rotatable bonds is 5. The van der Waals surface area contributed by atoms with E-state index < -0.39 is 0 Å². The summed E-state index contributed by atoms with van der Waals surface area (Å²) >= 11 is 0. The molecule has 0 saturated carbocycles. The number of carbonyl (C=O) groups excluding carboxylic acids is 1. The average molecular weight is 396 g/mol. The molecule has 3 heterocycles. The Hall–Kier alpha value is -3.29. The molecule has 1 atom stereocenters. The van der Waals surface area contributed by atoms with Crippen LogP contribution < -0.4 is 14.8 Å². The van der Waals surface area contributed by atoms with Crippen LogP contribution in [-0.2, 0) is 7.05 Å². The summed E-state index contributed by atoms with van der Waals surface area (Å²) in [5.41, 5.74) is 2.92. The van der Waals surface area contributed by atoms with Gasteiger partial charge < -0.3 is 19.3 Å². The number of hydrogen-bond donors (Lipinski definition) is 1. The first-order valence-corrected chi connectivity index (χ1v) is 9.60. The van der Waals surface area contributed by atoms with Crippen molar-refractivity contribution < 1.29 is 18.8 Å². The molecular weight excluding hydrogens is 372 g/mol. The zero-order chi connectivity index (χ0) is 20.5. The molecule has 1 aliphatic heterocycles. The molecule has 1 unspecified atom stereocenters. The van der Waals surface area contributed by atoms with E-state index in [1.807, 2.05) is 32.2 Å². The molecule has 8 heteroatoms. The number of aromatic nitrogens is 3. The van der Waals surface area contributed by atoms with E-state index in [-0.39, 0.29) is 23.6 Å². The summed E-state index contributed by atoms with van der Waals surface area (Å²) in [7, 11) is 1.85. The van der Waals surface area contributed by atoms with Crippen molar-refractivity contribution in [3.63, 3.8) is 0 Å². The summed E-state index contributed by atoms with van der Waals surface area (Å²) in [6.45, 7) is 7.09. The minimum Gasteiger partial charge on any atom is -0.486 e. The van der Waals surface area contributed by atoms with Gasteiger partial charge in [0.05, 0.1) is 17.8 Å². The molecule has 0 spiro atoms. The summed E-state index contributed by atoms with van der Waals surface area (Å²) in [4.78, 5) is 12.8. The molecule has 1 aliphatic rings. The van der Waals surface area contributed by atoms with Crippen molar-refractivity contribution in [2.75, 3.05) is 13.2 Å². The van der Waals surface area contributed by atoms with Gasteiger partial charge in [0, 0.05) is 18.8 Å². The van der Waals surface area contributed by atoms with Crippen LogP contribution in [0.2, 0.25) is 0 Å². The van der Waals surface area contributed by atoms with Crippen LogP contribution in [0.1, 0.15) is 41.6 Å². The molecule has 1 aromatic carbocycles. The van der Waals surface area contributed by atoms with Crippen LogP contribution >= 0.6 is 0 Å². The molecule has 29 heavy (non-hydrogen) atoms. The summed E-state index contributed by atoms with van der Waals surface area (Å²) in [6, 6.07) is 7.18. The SMILES string of the molecule is Cc1c(-c2cc(C(=O)NC(c3ccc4c(c3)OCCO4)C(C)C)no2)cnn1C. The number of amides is 1. The first-order chi connectivity index (χ1) is 13.9. The van der Waals surface area contributed by atoms with Gasteiger partial charge in [0.15, 0.2) is 23.0 Å². The number of fused-ring (bicyclic) bond motifs is 1. The van der Waals surface area contributed by atoms with Crippen LogP contribution in [0.25, 0.3) is 11.3 Å². The van der Waals surface area contributed by atoms with Gasteiger partial charge in [-0.25, -0.2) is 0 Å². The maximum Gasteiger partial charge on any atom is 0.273 e. The fourth-order valence-electron chi connectivity index (χ4n) is 3.35. The lowest BCUT2D eigenvalue weighted by Gasteiger charge is -2.25. The second kappa shape index (κ2) is 7.62. The summed E-state index contributed by atoms with van der Waals surface area (Å²) in [5, 5.41) is 11.2. The number of ether oxygens (including phenoxy) is 2. The number of carbonyl (C=O) groups is 1. The number of nitrogens with one attached hydrogen (secondary N) is 1. The molecule has 3 aromatic rings. The Balaban J connectivity index is 1.55. The van der Waals surface area contributed by atoms with Gasteiger partial charge in [-0.15, -0.1) is 0 Å². The first-order valence-electron chi connectivity index (χ1n) is 9.60. The molecule has 0 fully saturated rings. The van der Waals surface area contributed by atoms with E-state index >= 15 is 0 Å². The summed E-state index contributed by atoms with van der Waals surface area (Å²) < 4.78 is 18.4. The van der Waals surface area contributed by atoms with Crippen LogP contribution in [0.15, 0.2) is 35.0 Å². The zero-order valence-corrected chi connectivity index (χ0v) is 16.9. The van der Waals surface area contributed by atoms with Gasteiger partial charge in [0.1, 0.15) is 13.2 Å². The second-order valence-electron chi connectivity index (χ2n) is 7.44. The Morgan fingerprint density at radius 2 is 1.93 bits per heavy atom. The van der Waals surface area contributed by atoms with E-state index in [9.17, 15) is 4.79 Å². The molecule has 1 amide bonds. The monoisotopic (exact) mass is 396 g/mol. The first kappa shape index (κ1) is 19.0. The van der Waals surface area contributed by atoms with Crippen molar-refractivity contribution >= 4 is 5.91 Å². The molecule has 4 rings (SSSR count). The molecule has 0 aliphatic carbocycles. The lowest BCUT2D eigenvalue weighted by atomic mass is 9.95. The highest BCUT2D eigenvalue weighted by atomic mass is 16.6. The van der Waals surface area contributed by atoms with Crippen molar-refractivity contribution in [1.82, 2.24) is 20.3 Å². The third kappa shape index (κ3) is 3.70. The average Bonchev–Trinajstić information content (AvgIpc) is 3.33. The van der Waals surface area contributed by atoms with Gasteiger partial charge >= 0.3 is 0 Å². The molecule has 0 radical (unpaired) electrons. The van der Waals surface area contributed by atoms with Gasteiger partial charge in [-0.05, 0) is 30.5 Å². The van der Waals surface area contributed by atoms with Crippen molar-refractivity contribution in [2.24, 2.45) is 13.0 Å². The standard InChI is InChI=1S/C21H24N4O4/c1-12(2)20(14-5-6-17-19(9-14)28-8-7-27-17)23-21(26)16-10-18(29-24-16)15-11-22-25(4)13(15)3/h5-6,9-12,20H,7-8H2,1-4H3,(H,23,26). The van der Waals surface area contributed by atoms with Crippen LogP contribution in [-0.4, -0.2) is 34.1 Å². The van der Waals surface area contributed by atoms with E-state index in [0.717, 1.165) is 22.6 Å². The van der Waals surface area contributed by atoms with E-state index in [2.05, 4.69) is 29.4 Å². The predicted molar refractivity (Wildman–Crippen MR) is 106 cm³/mol. The lowest BCUT2D eigenvalue weighted by Crippen LogP contribution is -2.32. The summed E-state index contributed by atoms with van der Waals surface area (Å²) in [6.07, 6.45) is 1.70. The normalized spacial score (nSPS) is 14.1. The smallest absolute Gasteiger partial charge is 0.273 e. The van der Waals surface area contributed by atoms with Crippen molar-refractivity contribution in [1.29, 1.82) is 0 Å². The van der Waals surface area contributed by atoms with E-state index in [1.165, 1.54) is 0 Å². The molecule has 0 saturated heterocycles. The molecule has 152 valence electrons. The Bertz CT molecular complexity index is 1040. The van der Waals surface area contributed by atoms with E-state index in [4.69, 9.17) is 14.0 Å². The highest BCUT2D eigenvalue weighted by Crippen LogP contribution is 2.34. The van der Waals surface area contributed by atoms with Gasteiger partial charge in [-0.1, -0.05) is 25.1 Å². The van der Waals surface area contributed by atoms with Crippen molar-refractivity contribution in [3.8, 4) is 22.8 Å². The quantitative estimate of drug-likeness (QED) is 0.712. The Labute approximate surface area is 168 Å². The number of aryl methyl sites for hydroxylation is 1. The molecule has 0 bridgehead atoms. The largest absolute Gasteiger partial charge is 0.486 e. The Kier molecular flexibility index (Phi) is 5.00. The topological polar surface area (TPSA) is 91.4 Å². The van der Waals surface area contributed by atoms with Gasteiger partial charge in [0.2, 0.25) is 0 Å². The van der Waals surface area contributed by atoms with Gasteiger partial charge in [0.25, 0.3) is 5.91 Å². The fraction of sp³-hybridized carbons (Fsp3) is 0.381. The Morgan fingerprint density at radius 1 is 1.17 bits per heavy atom. The van der Waals surface area contributed by atoms with E-state index in [0.29, 0.717) is 24.7 Å². The second-order valence-corrected chi connectivity index (χ2v) is 7.44. The lowest BCUT2D eigenvalue weighted by molar-refractivity contribution is 0.0916. The minimum absolute atomic E-state index is 0.161. The van der Waals surface area contributed by atoms with Gasteiger partial charge in [-0.2, -0.15) is 5.10 Å². The third-order valence-corrected chi connectivity index (χ3v) is 5.12. The number of hydrogen-bond acceptors (Lipinski definition) is 6. The molecule has 1 N–H and O–H groups in total. The Morgan fingerprint density at radius 3 is 2.62 bits per heavy atom. The maximum absolute atomic E-state index is 12.8. The highest BCUT2D eigenvalue weighted by molar-refractivity contribution is 5.93. The highest BCUT2D eigenvalue weighted by Gasteiger charge is 2.24. The van der Waals surface area contributed by atoms with Crippen LogP contribution in [0.5, 0.6) is 11.5 Å². The van der Waals surface area contributed by atoms with Crippen molar-refractivity contribution in [2.45, 2.75) is 26.8 Å². The predicted octanol–water partition coefficient (Wildman–Crippen LogP) is 3.28. The number of nitrogens with zero attached hydrogens (tertiary/aromatic N) is 3. The maximum atomic E-state index is 12.8. The third-order valence-electron chi connectivity index (χ3n) is 5.12. The minimum atomic E-state index is -0.296.